The van der Waals surface area contributed by atoms with Gasteiger partial charge in [-0.1, -0.05) is 26.8 Å². The molecule has 1 heterocycles. The summed E-state index contributed by atoms with van der Waals surface area (Å²) in [4.78, 5) is 28.1. The topological polar surface area (TPSA) is 71.1 Å². The van der Waals surface area contributed by atoms with Crippen LogP contribution in [-0.2, 0) is 9.59 Å². The van der Waals surface area contributed by atoms with Gasteiger partial charge in [0.2, 0.25) is 11.8 Å². The van der Waals surface area contributed by atoms with Crippen LogP contribution in [0.5, 0.6) is 0 Å². The summed E-state index contributed by atoms with van der Waals surface area (Å²) in [5, 5.41) is 5.54. The molecule has 0 radical (unpaired) electrons. The monoisotopic (exact) mass is 277 g/mol. The molecule has 2 N–H and O–H groups in total. The summed E-state index contributed by atoms with van der Waals surface area (Å²) >= 11 is 0. The predicted octanol–water partition coefficient (Wildman–Crippen LogP) is 1.81. The highest BCUT2D eigenvalue weighted by molar-refractivity contribution is 5.89. The predicted molar refractivity (Wildman–Crippen MR) is 77.9 cm³/mol. The third-order valence-corrected chi connectivity index (χ3v) is 2.91. The number of nitrogens with zero attached hydrogens (tertiary/aromatic N) is 1. The highest BCUT2D eigenvalue weighted by Gasteiger charge is 2.25. The summed E-state index contributed by atoms with van der Waals surface area (Å²) in [5.74, 6) is -0.369. The van der Waals surface area contributed by atoms with Crippen molar-refractivity contribution in [3.8, 4) is 0 Å². The van der Waals surface area contributed by atoms with Crippen molar-refractivity contribution >= 4 is 11.8 Å². The lowest BCUT2D eigenvalue weighted by Gasteiger charge is -2.22. The Balaban J connectivity index is 2.56. The Kier molecular flexibility index (Phi) is 5.25. The Morgan fingerprint density at radius 3 is 2.30 bits per heavy atom. The molecule has 110 valence electrons. The van der Waals surface area contributed by atoms with Gasteiger partial charge in [-0.15, -0.1) is 0 Å². The first-order chi connectivity index (χ1) is 9.21. The van der Waals surface area contributed by atoms with Crippen LogP contribution in [0.4, 0.5) is 0 Å². The number of hydrogen-bond donors (Lipinski definition) is 2. The fourth-order valence-corrected chi connectivity index (χ4v) is 1.52. The maximum absolute atomic E-state index is 12.0. The minimum absolute atomic E-state index is 0.148. The summed E-state index contributed by atoms with van der Waals surface area (Å²) < 4.78 is 0. The lowest BCUT2D eigenvalue weighted by molar-refractivity contribution is -0.133. The molecule has 1 rings (SSSR count). The van der Waals surface area contributed by atoms with Gasteiger partial charge in [-0.05, 0) is 26.0 Å². The van der Waals surface area contributed by atoms with Crippen molar-refractivity contribution in [1.29, 1.82) is 0 Å². The van der Waals surface area contributed by atoms with E-state index in [1.165, 1.54) is 0 Å². The Bertz CT molecular complexity index is 466. The Labute approximate surface area is 120 Å². The van der Waals surface area contributed by atoms with Crippen LogP contribution in [0.3, 0.4) is 0 Å². The number of nitrogens with one attached hydrogen (secondary N) is 2. The molecule has 20 heavy (non-hydrogen) atoms. The lowest BCUT2D eigenvalue weighted by atomic mass is 9.95. The maximum Gasteiger partial charge on any atom is 0.242 e. The molecule has 2 amide bonds. The standard InChI is InChI=1S/C15H23N3O2/c1-10(12-8-6-7-9-16-12)17-13(19)11(2)18-14(20)15(3,4)5/h6-11H,1-5H3,(H,17,19)(H,18,20)/t10-,11+/m1/s1. The Hall–Kier alpha value is -1.91. The van der Waals surface area contributed by atoms with Crippen LogP contribution in [-0.4, -0.2) is 22.8 Å². The Morgan fingerprint density at radius 1 is 1.15 bits per heavy atom. The number of aromatic nitrogens is 1. The zero-order valence-electron chi connectivity index (χ0n) is 12.7. The first-order valence-electron chi connectivity index (χ1n) is 6.74. The van der Waals surface area contributed by atoms with Gasteiger partial charge in [0.1, 0.15) is 6.04 Å². The van der Waals surface area contributed by atoms with Crippen molar-refractivity contribution in [2.45, 2.75) is 46.7 Å². The summed E-state index contributed by atoms with van der Waals surface area (Å²) in [7, 11) is 0. The molecule has 0 spiro atoms. The van der Waals surface area contributed by atoms with Crippen LogP contribution >= 0.6 is 0 Å². The largest absolute Gasteiger partial charge is 0.346 e. The SMILES string of the molecule is C[C@H](NC(=O)C(C)(C)C)C(=O)N[C@H](C)c1ccccn1. The van der Waals surface area contributed by atoms with Gasteiger partial charge < -0.3 is 10.6 Å². The van der Waals surface area contributed by atoms with Gasteiger partial charge in [-0.25, -0.2) is 0 Å². The first-order valence-corrected chi connectivity index (χ1v) is 6.74. The molecule has 5 nitrogen and oxygen atoms in total. The van der Waals surface area contributed by atoms with Gasteiger partial charge in [0.25, 0.3) is 0 Å². The van der Waals surface area contributed by atoms with Gasteiger partial charge in [-0.2, -0.15) is 0 Å². The van der Waals surface area contributed by atoms with E-state index in [1.807, 2.05) is 45.9 Å². The smallest absolute Gasteiger partial charge is 0.242 e. The van der Waals surface area contributed by atoms with Crippen LogP contribution in [0.15, 0.2) is 24.4 Å². The van der Waals surface area contributed by atoms with E-state index in [0.717, 1.165) is 5.69 Å². The van der Waals surface area contributed by atoms with E-state index in [0.29, 0.717) is 0 Å². The van der Waals surface area contributed by atoms with E-state index in [-0.39, 0.29) is 17.9 Å². The second-order valence-corrected chi connectivity index (χ2v) is 5.93. The molecule has 0 aromatic carbocycles. The molecule has 0 bridgehead atoms. The minimum atomic E-state index is -0.576. The minimum Gasteiger partial charge on any atom is -0.346 e. The molecule has 0 aliphatic carbocycles. The average Bonchev–Trinajstić information content (AvgIpc) is 2.38. The summed E-state index contributed by atoms with van der Waals surface area (Å²) in [5.41, 5.74) is 0.274. The van der Waals surface area contributed by atoms with E-state index < -0.39 is 11.5 Å². The van der Waals surface area contributed by atoms with Crippen molar-refractivity contribution < 1.29 is 9.59 Å². The fraction of sp³-hybridized carbons (Fsp3) is 0.533. The normalized spacial score (nSPS) is 14.2. The zero-order valence-corrected chi connectivity index (χ0v) is 12.7. The third kappa shape index (κ3) is 4.64. The van der Waals surface area contributed by atoms with Crippen molar-refractivity contribution in [3.05, 3.63) is 30.1 Å². The molecule has 1 aromatic heterocycles. The van der Waals surface area contributed by atoms with Crippen LogP contribution in [0.1, 0.15) is 46.4 Å². The molecule has 5 heteroatoms. The number of carbonyl (C=O) groups excluding carboxylic acids is 2. The zero-order chi connectivity index (χ0) is 15.3. The number of hydrogen-bond acceptors (Lipinski definition) is 3. The fourth-order valence-electron chi connectivity index (χ4n) is 1.52. The van der Waals surface area contributed by atoms with Crippen LogP contribution in [0.2, 0.25) is 0 Å². The van der Waals surface area contributed by atoms with Crippen LogP contribution in [0.25, 0.3) is 0 Å². The molecular formula is C15H23N3O2. The van der Waals surface area contributed by atoms with E-state index in [1.54, 1.807) is 13.1 Å². The number of pyridine rings is 1. The van der Waals surface area contributed by atoms with E-state index >= 15 is 0 Å². The van der Waals surface area contributed by atoms with Gasteiger partial charge in [0.05, 0.1) is 11.7 Å². The molecule has 0 saturated carbocycles. The third-order valence-electron chi connectivity index (χ3n) is 2.91. The second-order valence-electron chi connectivity index (χ2n) is 5.93. The number of amides is 2. The maximum atomic E-state index is 12.0. The summed E-state index contributed by atoms with van der Waals surface area (Å²) in [6, 6.07) is 4.77. The van der Waals surface area contributed by atoms with E-state index in [4.69, 9.17) is 0 Å². The first kappa shape index (κ1) is 16.1. The van der Waals surface area contributed by atoms with Crippen molar-refractivity contribution in [3.63, 3.8) is 0 Å². The molecule has 0 saturated heterocycles. The van der Waals surface area contributed by atoms with E-state index in [2.05, 4.69) is 15.6 Å². The molecule has 0 fully saturated rings. The molecule has 1 aromatic rings. The van der Waals surface area contributed by atoms with Crippen molar-refractivity contribution in [1.82, 2.24) is 15.6 Å². The molecule has 2 atom stereocenters. The van der Waals surface area contributed by atoms with Gasteiger partial charge in [-0.3, -0.25) is 14.6 Å². The van der Waals surface area contributed by atoms with Gasteiger partial charge >= 0.3 is 0 Å². The number of rotatable bonds is 4. The highest BCUT2D eigenvalue weighted by Crippen LogP contribution is 2.13. The highest BCUT2D eigenvalue weighted by atomic mass is 16.2. The molecule has 0 unspecified atom stereocenters. The molecular weight excluding hydrogens is 254 g/mol. The molecule has 0 aliphatic heterocycles. The van der Waals surface area contributed by atoms with Gasteiger partial charge in [0, 0.05) is 11.6 Å². The van der Waals surface area contributed by atoms with E-state index in [9.17, 15) is 9.59 Å². The molecule has 0 aliphatic rings. The van der Waals surface area contributed by atoms with Crippen LogP contribution < -0.4 is 10.6 Å². The van der Waals surface area contributed by atoms with Gasteiger partial charge in [0.15, 0.2) is 0 Å². The average molecular weight is 277 g/mol. The summed E-state index contributed by atoms with van der Waals surface area (Å²) in [6.07, 6.45) is 1.68. The lowest BCUT2D eigenvalue weighted by Crippen LogP contribution is -2.48. The quantitative estimate of drug-likeness (QED) is 0.881. The second kappa shape index (κ2) is 6.50. The van der Waals surface area contributed by atoms with Crippen molar-refractivity contribution in [2.24, 2.45) is 5.41 Å². The van der Waals surface area contributed by atoms with Crippen LogP contribution in [0, 0.1) is 5.41 Å². The number of carbonyl (C=O) groups is 2. The Morgan fingerprint density at radius 2 is 1.80 bits per heavy atom. The van der Waals surface area contributed by atoms with Crippen molar-refractivity contribution in [2.75, 3.05) is 0 Å². The summed E-state index contributed by atoms with van der Waals surface area (Å²) in [6.45, 7) is 8.96.